The highest BCUT2D eigenvalue weighted by Crippen LogP contribution is 2.54. The maximum atomic E-state index is 11.7. The van der Waals surface area contributed by atoms with Crippen LogP contribution in [0.1, 0.15) is 5.56 Å². The van der Waals surface area contributed by atoms with E-state index in [1.807, 2.05) is 67.0 Å². The first-order chi connectivity index (χ1) is 29.8. The number of hydrogen-bond acceptors (Lipinski definition) is 3. The zero-order chi connectivity index (χ0) is 39.6. The van der Waals surface area contributed by atoms with Crippen molar-refractivity contribution in [2.24, 2.45) is 0 Å². The molecule has 0 aliphatic carbocycles. The van der Waals surface area contributed by atoms with Gasteiger partial charge in [0.25, 0.3) is 0 Å². The number of aromatic nitrogens is 4. The van der Waals surface area contributed by atoms with Crippen LogP contribution in [0.25, 0.3) is 125 Å². The van der Waals surface area contributed by atoms with E-state index >= 15 is 0 Å². The minimum atomic E-state index is 0.386. The van der Waals surface area contributed by atoms with Gasteiger partial charge >= 0.3 is 0 Å². The lowest BCUT2D eigenvalue weighted by atomic mass is 9.88. The third-order valence-electron chi connectivity index (χ3n) is 12.6. The summed E-state index contributed by atoms with van der Waals surface area (Å²) in [5.41, 5.74) is 9.79. The SMILES string of the molecule is [C-]#[N+]c1c(-c2ccccc2)c(C#N)c(-n2c3cccc4c5cccnc5c5cccc2c5c43)c(-c2ccccc2)c1-n1c2cccc3c4ccccc4c4ccnc1c4c32. The van der Waals surface area contributed by atoms with E-state index in [2.05, 4.69) is 123 Å². The van der Waals surface area contributed by atoms with Crippen molar-refractivity contribution in [1.29, 1.82) is 5.26 Å². The lowest BCUT2D eigenvalue weighted by molar-refractivity contribution is 1.12. The fourth-order valence-electron chi connectivity index (χ4n) is 10.3. The molecule has 0 spiro atoms. The van der Waals surface area contributed by atoms with Crippen molar-refractivity contribution < 1.29 is 0 Å². The van der Waals surface area contributed by atoms with Gasteiger partial charge in [-0.25, -0.2) is 9.83 Å². The van der Waals surface area contributed by atoms with Crippen LogP contribution in [-0.2, 0) is 0 Å². The van der Waals surface area contributed by atoms with Gasteiger partial charge in [-0.05, 0) is 68.4 Å². The van der Waals surface area contributed by atoms with E-state index < -0.39 is 0 Å². The fourth-order valence-corrected chi connectivity index (χ4v) is 10.3. The lowest BCUT2D eigenvalue weighted by Crippen LogP contribution is -2.09. The zero-order valence-corrected chi connectivity index (χ0v) is 31.8. The molecule has 0 aliphatic rings. The van der Waals surface area contributed by atoms with Gasteiger partial charge in [0, 0.05) is 55.8 Å². The number of nitriles is 1. The minimum Gasteiger partial charge on any atom is -0.307 e. The average Bonchev–Trinajstić information content (AvgIpc) is 3.84. The normalized spacial score (nSPS) is 12.0. The number of rotatable bonds is 4. The second-order valence-electron chi connectivity index (χ2n) is 15.4. The van der Waals surface area contributed by atoms with Gasteiger partial charge in [-0.3, -0.25) is 4.98 Å². The van der Waals surface area contributed by atoms with Crippen LogP contribution < -0.4 is 0 Å². The van der Waals surface area contributed by atoms with Gasteiger partial charge in [0.2, 0.25) is 5.69 Å². The number of nitrogens with zero attached hydrogens (tertiary/aromatic N) is 6. The molecule has 0 amide bonds. The van der Waals surface area contributed by atoms with Gasteiger partial charge in [-0.15, -0.1) is 0 Å². The fraction of sp³-hybridized carbons (Fsp3) is 0. The molecule has 9 aromatic carbocycles. The van der Waals surface area contributed by atoms with E-state index in [9.17, 15) is 5.26 Å². The van der Waals surface area contributed by atoms with Crippen molar-refractivity contribution in [2.45, 2.75) is 0 Å². The Morgan fingerprint density at radius 2 is 0.983 bits per heavy atom. The van der Waals surface area contributed by atoms with Crippen molar-refractivity contribution in [3.8, 4) is 39.7 Å². The lowest BCUT2D eigenvalue weighted by Gasteiger charge is -2.25. The molecule has 0 atom stereocenters. The van der Waals surface area contributed by atoms with E-state index in [1.165, 1.54) is 0 Å². The van der Waals surface area contributed by atoms with Crippen LogP contribution in [0.15, 0.2) is 170 Å². The summed E-state index contributed by atoms with van der Waals surface area (Å²) >= 11 is 0. The third-order valence-corrected chi connectivity index (χ3v) is 12.6. The van der Waals surface area contributed by atoms with Crippen LogP contribution in [-0.4, -0.2) is 19.1 Å². The van der Waals surface area contributed by atoms with Gasteiger partial charge in [0.15, 0.2) is 0 Å². The molecular weight excluding hydrogens is 733 g/mol. The zero-order valence-electron chi connectivity index (χ0n) is 31.8. The van der Waals surface area contributed by atoms with E-state index in [-0.39, 0.29) is 0 Å². The first-order valence-corrected chi connectivity index (χ1v) is 19.9. The molecule has 0 aliphatic heterocycles. The Morgan fingerprint density at radius 3 is 1.65 bits per heavy atom. The molecule has 6 nitrogen and oxygen atoms in total. The van der Waals surface area contributed by atoms with Crippen LogP contribution in [0, 0.1) is 17.9 Å². The molecule has 274 valence electrons. The van der Waals surface area contributed by atoms with Crippen molar-refractivity contribution in [1.82, 2.24) is 19.1 Å². The summed E-state index contributed by atoms with van der Waals surface area (Å²) < 4.78 is 4.49. The molecular formula is C54H28N6. The van der Waals surface area contributed by atoms with Crippen molar-refractivity contribution in [2.75, 3.05) is 0 Å². The highest BCUT2D eigenvalue weighted by molar-refractivity contribution is 6.35. The topological polar surface area (TPSA) is 63.8 Å². The first-order valence-electron chi connectivity index (χ1n) is 19.9. The summed E-state index contributed by atoms with van der Waals surface area (Å²) in [5, 5.41) is 23.8. The molecule has 4 heterocycles. The molecule has 0 radical (unpaired) electrons. The Kier molecular flexibility index (Phi) is 6.48. The minimum absolute atomic E-state index is 0.386. The van der Waals surface area contributed by atoms with E-state index in [0.29, 0.717) is 28.2 Å². The number of fused-ring (bicyclic) bond motifs is 6. The van der Waals surface area contributed by atoms with Crippen molar-refractivity contribution in [3.63, 3.8) is 0 Å². The van der Waals surface area contributed by atoms with Crippen LogP contribution in [0.3, 0.4) is 0 Å². The average molecular weight is 761 g/mol. The largest absolute Gasteiger partial charge is 0.307 e. The number of benzene rings is 9. The summed E-state index contributed by atoms with van der Waals surface area (Å²) in [6.07, 6.45) is 3.74. The van der Waals surface area contributed by atoms with Gasteiger partial charge in [0.1, 0.15) is 11.7 Å². The Labute approximate surface area is 342 Å². The molecule has 0 saturated carbocycles. The second-order valence-corrected chi connectivity index (χ2v) is 15.4. The van der Waals surface area contributed by atoms with E-state index in [4.69, 9.17) is 16.5 Å². The van der Waals surface area contributed by atoms with Crippen molar-refractivity contribution in [3.05, 3.63) is 187 Å². The van der Waals surface area contributed by atoms with Gasteiger partial charge in [-0.1, -0.05) is 127 Å². The Morgan fingerprint density at radius 1 is 0.450 bits per heavy atom. The summed E-state index contributed by atoms with van der Waals surface area (Å²) in [7, 11) is 0. The maximum Gasteiger partial charge on any atom is 0.220 e. The maximum absolute atomic E-state index is 11.7. The smallest absolute Gasteiger partial charge is 0.220 e. The highest BCUT2D eigenvalue weighted by Gasteiger charge is 2.33. The van der Waals surface area contributed by atoms with Crippen molar-refractivity contribution >= 4 is 92.6 Å². The van der Waals surface area contributed by atoms with Crippen LogP contribution in [0.4, 0.5) is 5.69 Å². The Balaban J connectivity index is 1.33. The van der Waals surface area contributed by atoms with Gasteiger partial charge < -0.3 is 9.13 Å². The molecule has 60 heavy (non-hydrogen) atoms. The quantitative estimate of drug-likeness (QED) is 0.133. The predicted octanol–water partition coefficient (Wildman–Crippen LogP) is 13.9. The Hall–Kier alpha value is -8.58. The molecule has 0 fully saturated rings. The molecule has 0 saturated heterocycles. The molecule has 13 rings (SSSR count). The summed E-state index contributed by atoms with van der Waals surface area (Å²) in [6, 6.07) is 56.9. The Bertz CT molecular complexity index is 3620. The summed E-state index contributed by atoms with van der Waals surface area (Å²) in [4.78, 5) is 14.6. The highest BCUT2D eigenvalue weighted by atomic mass is 15.1. The summed E-state index contributed by atoms with van der Waals surface area (Å²) in [6.45, 7) is 9.14. The predicted molar refractivity (Wildman–Crippen MR) is 245 cm³/mol. The molecule has 0 bridgehead atoms. The second kappa shape index (κ2) is 12.0. The van der Waals surface area contributed by atoms with Crippen LogP contribution in [0.2, 0.25) is 0 Å². The van der Waals surface area contributed by atoms with E-state index in [0.717, 1.165) is 104 Å². The van der Waals surface area contributed by atoms with Gasteiger partial charge in [0.05, 0.1) is 45.6 Å². The molecule has 13 aromatic rings. The summed E-state index contributed by atoms with van der Waals surface area (Å²) in [5.74, 6) is 0. The number of hydrogen-bond donors (Lipinski definition) is 0. The van der Waals surface area contributed by atoms with Crippen LogP contribution in [0.5, 0.6) is 0 Å². The molecule has 6 heteroatoms. The molecule has 0 unspecified atom stereocenters. The molecule has 0 N–H and O–H groups in total. The third kappa shape index (κ3) is 4.04. The molecule has 4 aromatic heterocycles. The van der Waals surface area contributed by atoms with Crippen LogP contribution >= 0.6 is 0 Å². The number of pyridine rings is 2. The standard InChI is InChI=1S/C54H28N6/c1-56-51-44(31-14-4-2-5-15-31)40(30-55)52(59-41-24-11-21-36-38-23-13-28-57-50(38)39-22-12-25-42(59)48(39)46(36)41)45(32-16-6-3-7-17-32)53(51)60-43-26-10-20-35-33-18-8-9-19-34(33)37-27-29-58-54(60)49(37)47(35)43/h2-29H. The monoisotopic (exact) mass is 760 g/mol. The van der Waals surface area contributed by atoms with E-state index in [1.54, 1.807) is 0 Å². The van der Waals surface area contributed by atoms with Gasteiger partial charge in [-0.2, -0.15) is 5.26 Å². The first kappa shape index (κ1) is 32.5.